The number of furan rings is 1. The van der Waals surface area contributed by atoms with Gasteiger partial charge in [-0.25, -0.2) is 4.79 Å². The Balaban J connectivity index is 1.83. The summed E-state index contributed by atoms with van der Waals surface area (Å²) in [6.07, 6.45) is -0.637. The fourth-order valence-corrected chi connectivity index (χ4v) is 2.57. The minimum Gasteiger partial charge on any atom is -0.491 e. The predicted molar refractivity (Wildman–Crippen MR) is 93.8 cm³/mol. The summed E-state index contributed by atoms with van der Waals surface area (Å²) in [6.45, 7) is 4.81. The monoisotopic (exact) mass is 347 g/mol. The van der Waals surface area contributed by atoms with Gasteiger partial charge in [0.15, 0.2) is 0 Å². The van der Waals surface area contributed by atoms with Crippen LogP contribution in [0.15, 0.2) is 34.7 Å². The van der Waals surface area contributed by atoms with Crippen molar-refractivity contribution < 1.29 is 23.8 Å². The summed E-state index contributed by atoms with van der Waals surface area (Å²) in [5.41, 5.74) is 1.54. The van der Waals surface area contributed by atoms with Gasteiger partial charge in [0.1, 0.15) is 35.5 Å². The number of nitrogens with zero attached hydrogens (tertiary/aromatic N) is 1. The van der Waals surface area contributed by atoms with Gasteiger partial charge in [-0.05, 0) is 44.7 Å². The van der Waals surface area contributed by atoms with Crippen molar-refractivity contribution >= 4 is 5.97 Å². The summed E-state index contributed by atoms with van der Waals surface area (Å²) in [7, 11) is 3.21. The fraction of sp³-hybridized carbons (Fsp3) is 0.421. The van der Waals surface area contributed by atoms with E-state index in [0.29, 0.717) is 30.2 Å². The van der Waals surface area contributed by atoms with Crippen LogP contribution in [0.4, 0.5) is 0 Å². The van der Waals surface area contributed by atoms with Gasteiger partial charge in [0.25, 0.3) is 0 Å². The molecule has 1 atom stereocenters. The fourth-order valence-electron chi connectivity index (χ4n) is 2.57. The number of carbonyl (C=O) groups excluding carboxylic acids is 1. The van der Waals surface area contributed by atoms with Gasteiger partial charge in [0.2, 0.25) is 0 Å². The van der Waals surface area contributed by atoms with E-state index in [-0.39, 0.29) is 6.61 Å². The van der Waals surface area contributed by atoms with Crippen molar-refractivity contribution in [3.8, 4) is 5.75 Å². The molecule has 0 amide bonds. The molecule has 6 heteroatoms. The molecule has 0 aliphatic heterocycles. The van der Waals surface area contributed by atoms with Crippen molar-refractivity contribution in [1.82, 2.24) is 4.90 Å². The lowest BCUT2D eigenvalue weighted by Gasteiger charge is -2.20. The molecule has 25 heavy (non-hydrogen) atoms. The summed E-state index contributed by atoms with van der Waals surface area (Å²) >= 11 is 0. The second-order valence-electron chi connectivity index (χ2n) is 6.15. The number of hydrogen-bond donors (Lipinski definition) is 1. The Morgan fingerprint density at radius 2 is 2.08 bits per heavy atom. The van der Waals surface area contributed by atoms with Crippen LogP contribution in [0.25, 0.3) is 0 Å². The first kappa shape index (κ1) is 19.0. The number of aryl methyl sites for hydroxylation is 2. The molecule has 2 rings (SSSR count). The Morgan fingerprint density at radius 3 is 2.76 bits per heavy atom. The van der Waals surface area contributed by atoms with E-state index in [4.69, 9.17) is 13.9 Å². The van der Waals surface area contributed by atoms with E-state index in [1.54, 1.807) is 13.0 Å². The third-order valence-corrected chi connectivity index (χ3v) is 3.75. The number of benzene rings is 1. The molecule has 1 heterocycles. The van der Waals surface area contributed by atoms with Crippen LogP contribution in [-0.2, 0) is 11.3 Å². The zero-order valence-electron chi connectivity index (χ0n) is 15.1. The van der Waals surface area contributed by atoms with Gasteiger partial charge in [-0.2, -0.15) is 0 Å². The van der Waals surface area contributed by atoms with Crippen LogP contribution in [0.5, 0.6) is 5.75 Å². The molecule has 1 unspecified atom stereocenters. The molecule has 6 nitrogen and oxygen atoms in total. The second kappa shape index (κ2) is 8.69. The van der Waals surface area contributed by atoms with Gasteiger partial charge in [-0.1, -0.05) is 12.1 Å². The lowest BCUT2D eigenvalue weighted by atomic mass is 10.2. The zero-order valence-corrected chi connectivity index (χ0v) is 15.1. The summed E-state index contributed by atoms with van der Waals surface area (Å²) < 4.78 is 15.9. The minimum atomic E-state index is -0.637. The highest BCUT2D eigenvalue weighted by atomic mass is 16.5. The number of likely N-dealkylation sites (N-methyl/N-ethyl adjacent to an activating group) is 1. The molecule has 1 aromatic carbocycles. The van der Waals surface area contributed by atoms with Crippen LogP contribution in [0.2, 0.25) is 0 Å². The standard InChI is InChI=1S/C19H25NO5/c1-13-6-5-7-16(8-13)24-12-15(21)10-20(3)11-17-9-18(14(2)25-17)19(22)23-4/h5-9,15,21H,10-12H2,1-4H3. The first-order valence-electron chi connectivity index (χ1n) is 8.12. The van der Waals surface area contributed by atoms with E-state index >= 15 is 0 Å². The Kier molecular flexibility index (Phi) is 6.61. The number of hydrogen-bond acceptors (Lipinski definition) is 6. The van der Waals surface area contributed by atoms with Crippen LogP contribution in [0.1, 0.15) is 27.4 Å². The van der Waals surface area contributed by atoms with Gasteiger partial charge in [-0.15, -0.1) is 0 Å². The minimum absolute atomic E-state index is 0.207. The maximum absolute atomic E-state index is 11.6. The first-order valence-corrected chi connectivity index (χ1v) is 8.12. The zero-order chi connectivity index (χ0) is 18.4. The van der Waals surface area contributed by atoms with E-state index in [0.717, 1.165) is 11.3 Å². The molecule has 0 fully saturated rings. The van der Waals surface area contributed by atoms with Crippen LogP contribution in [0, 0.1) is 13.8 Å². The number of methoxy groups -OCH3 is 1. The van der Waals surface area contributed by atoms with Crippen LogP contribution >= 0.6 is 0 Å². The van der Waals surface area contributed by atoms with E-state index in [2.05, 4.69) is 0 Å². The van der Waals surface area contributed by atoms with Crippen molar-refractivity contribution in [3.05, 3.63) is 53.0 Å². The van der Waals surface area contributed by atoms with Crippen molar-refractivity contribution in [2.45, 2.75) is 26.5 Å². The van der Waals surface area contributed by atoms with Crippen LogP contribution in [0.3, 0.4) is 0 Å². The molecular weight excluding hydrogens is 322 g/mol. The molecule has 0 saturated carbocycles. The Labute approximate surface area is 148 Å². The molecule has 1 N–H and O–H groups in total. The van der Waals surface area contributed by atoms with Gasteiger partial charge < -0.3 is 19.0 Å². The van der Waals surface area contributed by atoms with Gasteiger partial charge in [0, 0.05) is 6.54 Å². The Morgan fingerprint density at radius 1 is 1.32 bits per heavy atom. The van der Waals surface area contributed by atoms with Crippen LogP contribution in [-0.4, -0.2) is 49.4 Å². The lowest BCUT2D eigenvalue weighted by Crippen LogP contribution is -2.32. The molecule has 136 valence electrons. The average Bonchev–Trinajstić information content (AvgIpc) is 2.92. The SMILES string of the molecule is COC(=O)c1cc(CN(C)CC(O)COc2cccc(C)c2)oc1C. The summed E-state index contributed by atoms with van der Waals surface area (Å²) in [5.74, 6) is 1.50. The average molecular weight is 347 g/mol. The van der Waals surface area contributed by atoms with E-state index in [9.17, 15) is 9.90 Å². The van der Waals surface area contributed by atoms with Crippen molar-refractivity contribution in [2.24, 2.45) is 0 Å². The summed E-state index contributed by atoms with van der Waals surface area (Å²) in [6, 6.07) is 9.37. The molecular formula is C19H25NO5. The molecule has 0 bridgehead atoms. The predicted octanol–water partition coefficient (Wildman–Crippen LogP) is 2.55. The quantitative estimate of drug-likeness (QED) is 0.740. The number of carbonyl (C=O) groups is 1. The Bertz CT molecular complexity index is 710. The highest BCUT2D eigenvalue weighted by molar-refractivity contribution is 5.90. The molecule has 0 aliphatic rings. The summed E-state index contributed by atoms with van der Waals surface area (Å²) in [5, 5.41) is 10.1. The largest absolute Gasteiger partial charge is 0.491 e. The number of rotatable bonds is 8. The number of esters is 1. The van der Waals surface area contributed by atoms with Gasteiger partial charge in [-0.3, -0.25) is 4.90 Å². The van der Waals surface area contributed by atoms with Crippen molar-refractivity contribution in [2.75, 3.05) is 27.3 Å². The highest BCUT2D eigenvalue weighted by Crippen LogP contribution is 2.17. The van der Waals surface area contributed by atoms with Gasteiger partial charge in [0.05, 0.1) is 13.7 Å². The third-order valence-electron chi connectivity index (χ3n) is 3.75. The number of aliphatic hydroxyl groups is 1. The van der Waals surface area contributed by atoms with E-state index < -0.39 is 12.1 Å². The second-order valence-corrected chi connectivity index (χ2v) is 6.15. The summed E-state index contributed by atoms with van der Waals surface area (Å²) in [4.78, 5) is 13.5. The third kappa shape index (κ3) is 5.62. The maximum atomic E-state index is 11.6. The first-order chi connectivity index (χ1) is 11.9. The highest BCUT2D eigenvalue weighted by Gasteiger charge is 2.17. The smallest absolute Gasteiger partial charge is 0.341 e. The van der Waals surface area contributed by atoms with Gasteiger partial charge >= 0.3 is 5.97 Å². The van der Waals surface area contributed by atoms with E-state index in [1.165, 1.54) is 7.11 Å². The van der Waals surface area contributed by atoms with Crippen molar-refractivity contribution in [3.63, 3.8) is 0 Å². The molecule has 0 aliphatic carbocycles. The normalized spacial score (nSPS) is 12.2. The lowest BCUT2D eigenvalue weighted by molar-refractivity contribution is 0.0598. The molecule has 0 saturated heterocycles. The number of ether oxygens (including phenoxy) is 2. The molecule has 0 spiro atoms. The molecule has 1 aromatic heterocycles. The number of aliphatic hydroxyl groups excluding tert-OH is 1. The maximum Gasteiger partial charge on any atom is 0.341 e. The molecule has 2 aromatic rings. The topological polar surface area (TPSA) is 72.1 Å². The van der Waals surface area contributed by atoms with E-state index in [1.807, 2.05) is 43.1 Å². The van der Waals surface area contributed by atoms with Crippen molar-refractivity contribution in [1.29, 1.82) is 0 Å². The Hall–Kier alpha value is -2.31. The van der Waals surface area contributed by atoms with Crippen LogP contribution < -0.4 is 4.74 Å². The molecule has 0 radical (unpaired) electrons.